The molecule has 0 aromatic carbocycles. The van der Waals surface area contributed by atoms with E-state index in [1.807, 2.05) is 7.05 Å². The summed E-state index contributed by atoms with van der Waals surface area (Å²) in [7, 11) is 1.82. The Kier molecular flexibility index (Phi) is 4.04. The van der Waals surface area contributed by atoms with E-state index in [2.05, 4.69) is 17.3 Å². The Morgan fingerprint density at radius 1 is 1.55 bits per heavy atom. The monoisotopic (exact) mass is 279 g/mol. The van der Waals surface area contributed by atoms with E-state index in [4.69, 9.17) is 11.5 Å². The molecule has 1 saturated carbocycles. The second-order valence-corrected chi connectivity index (χ2v) is 5.93. The summed E-state index contributed by atoms with van der Waals surface area (Å²) in [5, 5.41) is 7.81. The van der Waals surface area contributed by atoms with Gasteiger partial charge < -0.3 is 16.8 Å². The summed E-state index contributed by atoms with van der Waals surface area (Å²) < 4.78 is 1.69. The number of hydrogen-bond donors (Lipinski definition) is 3. The third-order valence-corrected chi connectivity index (χ3v) is 4.65. The lowest BCUT2D eigenvalue weighted by atomic mass is 9.73. The normalized spacial score (nSPS) is 26.5. The topological polar surface area (TPSA) is 99.0 Å². The number of carbonyl (C=O) groups is 1. The van der Waals surface area contributed by atoms with Crippen LogP contribution < -0.4 is 16.8 Å². The van der Waals surface area contributed by atoms with E-state index in [0.29, 0.717) is 29.5 Å². The predicted octanol–water partition coefficient (Wildman–Crippen LogP) is 1.15. The summed E-state index contributed by atoms with van der Waals surface area (Å²) in [4.78, 5) is 11.7. The molecule has 2 unspecified atom stereocenters. The molecular formula is C14H25N5O. The maximum absolute atomic E-state index is 11.7. The molecule has 0 bridgehead atoms. The Balaban J connectivity index is 2.39. The number of nitrogens with zero attached hydrogens (tertiary/aromatic N) is 2. The standard InChI is InChI=1S/C14H25N5O/c1-9-6-4-5-7-14(9,8-15)17-13-11(12(16)20)10(2)18-19(13)3/h9,17H,4-8,15H2,1-3H3,(H2,16,20). The molecule has 6 nitrogen and oxygen atoms in total. The number of carbonyl (C=O) groups excluding carboxylic acids is 1. The number of nitrogens with one attached hydrogen (secondary N) is 1. The highest BCUT2D eigenvalue weighted by molar-refractivity contribution is 5.99. The Bertz CT molecular complexity index is 510. The highest BCUT2D eigenvalue weighted by atomic mass is 16.1. The third kappa shape index (κ3) is 2.40. The van der Waals surface area contributed by atoms with Gasteiger partial charge in [0.1, 0.15) is 11.4 Å². The highest BCUT2D eigenvalue weighted by Crippen LogP contribution is 2.36. The zero-order chi connectivity index (χ0) is 14.9. The summed E-state index contributed by atoms with van der Waals surface area (Å²) in [6.45, 7) is 4.55. The molecule has 112 valence electrons. The van der Waals surface area contributed by atoms with Gasteiger partial charge in [-0.05, 0) is 25.7 Å². The van der Waals surface area contributed by atoms with Gasteiger partial charge in [-0.25, -0.2) is 0 Å². The third-order valence-electron chi connectivity index (χ3n) is 4.65. The van der Waals surface area contributed by atoms with Crippen molar-refractivity contribution < 1.29 is 4.79 Å². The number of amides is 1. The molecule has 6 heteroatoms. The van der Waals surface area contributed by atoms with Crippen LogP contribution in [0.5, 0.6) is 0 Å². The zero-order valence-electron chi connectivity index (χ0n) is 12.6. The van der Waals surface area contributed by atoms with Gasteiger partial charge in [-0.2, -0.15) is 5.10 Å². The van der Waals surface area contributed by atoms with Crippen molar-refractivity contribution in [3.05, 3.63) is 11.3 Å². The SMILES string of the molecule is Cc1nn(C)c(NC2(CN)CCCCC2C)c1C(N)=O. The van der Waals surface area contributed by atoms with Crippen LogP contribution in [0, 0.1) is 12.8 Å². The van der Waals surface area contributed by atoms with Gasteiger partial charge in [0.05, 0.1) is 11.2 Å². The van der Waals surface area contributed by atoms with Crippen LogP contribution in [0.25, 0.3) is 0 Å². The molecule has 1 fully saturated rings. The van der Waals surface area contributed by atoms with Gasteiger partial charge >= 0.3 is 0 Å². The molecule has 2 rings (SSSR count). The lowest BCUT2D eigenvalue weighted by Crippen LogP contribution is -2.53. The first-order chi connectivity index (χ1) is 9.41. The van der Waals surface area contributed by atoms with Crippen molar-refractivity contribution in [2.24, 2.45) is 24.4 Å². The Labute approximate surface area is 119 Å². The molecule has 2 atom stereocenters. The van der Waals surface area contributed by atoms with Crippen molar-refractivity contribution in [1.29, 1.82) is 0 Å². The first-order valence-electron chi connectivity index (χ1n) is 7.23. The molecule has 1 aliphatic carbocycles. The fourth-order valence-electron chi connectivity index (χ4n) is 3.29. The molecular weight excluding hydrogens is 254 g/mol. The van der Waals surface area contributed by atoms with Gasteiger partial charge in [0.25, 0.3) is 5.91 Å². The number of hydrogen-bond acceptors (Lipinski definition) is 4. The van der Waals surface area contributed by atoms with Gasteiger partial charge in [0.2, 0.25) is 0 Å². The summed E-state index contributed by atoms with van der Waals surface area (Å²) in [5.74, 6) is 0.695. The Morgan fingerprint density at radius 2 is 2.25 bits per heavy atom. The quantitative estimate of drug-likeness (QED) is 0.769. The molecule has 0 spiro atoms. The van der Waals surface area contributed by atoms with Crippen LogP contribution in [0.1, 0.15) is 48.7 Å². The number of aryl methyl sites for hydroxylation is 2. The molecule has 1 amide bonds. The van der Waals surface area contributed by atoms with Crippen LogP contribution >= 0.6 is 0 Å². The number of aromatic nitrogens is 2. The predicted molar refractivity (Wildman–Crippen MR) is 79.5 cm³/mol. The fourth-order valence-corrected chi connectivity index (χ4v) is 3.29. The van der Waals surface area contributed by atoms with Crippen LogP contribution in [-0.2, 0) is 7.05 Å². The average molecular weight is 279 g/mol. The van der Waals surface area contributed by atoms with E-state index in [1.165, 1.54) is 6.42 Å². The van der Waals surface area contributed by atoms with Crippen molar-refractivity contribution in [1.82, 2.24) is 9.78 Å². The number of anilines is 1. The van der Waals surface area contributed by atoms with E-state index < -0.39 is 5.91 Å². The maximum Gasteiger partial charge on any atom is 0.254 e. The van der Waals surface area contributed by atoms with Gasteiger partial charge in [0.15, 0.2) is 0 Å². The van der Waals surface area contributed by atoms with E-state index >= 15 is 0 Å². The lowest BCUT2D eigenvalue weighted by molar-refractivity contribution is 0.1000. The number of rotatable bonds is 4. The molecule has 0 radical (unpaired) electrons. The van der Waals surface area contributed by atoms with Gasteiger partial charge in [0, 0.05) is 13.6 Å². The fraction of sp³-hybridized carbons (Fsp3) is 0.714. The van der Waals surface area contributed by atoms with E-state index in [1.54, 1.807) is 11.6 Å². The molecule has 1 aromatic heterocycles. The largest absolute Gasteiger partial charge is 0.365 e. The second kappa shape index (κ2) is 5.44. The van der Waals surface area contributed by atoms with Crippen LogP contribution in [0.15, 0.2) is 0 Å². The Hall–Kier alpha value is -1.56. The van der Waals surface area contributed by atoms with Gasteiger partial charge in [-0.1, -0.05) is 19.8 Å². The van der Waals surface area contributed by atoms with Crippen LogP contribution in [0.2, 0.25) is 0 Å². The second-order valence-electron chi connectivity index (χ2n) is 5.93. The minimum atomic E-state index is -0.450. The number of primary amides is 1. The molecule has 20 heavy (non-hydrogen) atoms. The van der Waals surface area contributed by atoms with Crippen LogP contribution in [0.3, 0.4) is 0 Å². The molecule has 1 heterocycles. The molecule has 1 aromatic rings. The minimum absolute atomic E-state index is 0.178. The van der Waals surface area contributed by atoms with E-state index in [0.717, 1.165) is 19.3 Å². The first kappa shape index (κ1) is 14.8. The molecule has 0 aliphatic heterocycles. The van der Waals surface area contributed by atoms with E-state index in [-0.39, 0.29) is 5.54 Å². The summed E-state index contributed by atoms with van der Waals surface area (Å²) in [5.41, 5.74) is 12.5. The number of nitrogens with two attached hydrogens (primary N) is 2. The van der Waals surface area contributed by atoms with Crippen molar-refractivity contribution in [3.63, 3.8) is 0 Å². The van der Waals surface area contributed by atoms with Crippen molar-refractivity contribution in [3.8, 4) is 0 Å². The summed E-state index contributed by atoms with van der Waals surface area (Å²) >= 11 is 0. The first-order valence-corrected chi connectivity index (χ1v) is 7.23. The lowest BCUT2D eigenvalue weighted by Gasteiger charge is -2.43. The van der Waals surface area contributed by atoms with Gasteiger partial charge in [-0.3, -0.25) is 9.48 Å². The summed E-state index contributed by atoms with van der Waals surface area (Å²) in [6.07, 6.45) is 4.54. The smallest absolute Gasteiger partial charge is 0.254 e. The van der Waals surface area contributed by atoms with Crippen molar-refractivity contribution in [2.75, 3.05) is 11.9 Å². The summed E-state index contributed by atoms with van der Waals surface area (Å²) in [6, 6.07) is 0. The minimum Gasteiger partial charge on any atom is -0.365 e. The van der Waals surface area contributed by atoms with E-state index in [9.17, 15) is 4.79 Å². The maximum atomic E-state index is 11.7. The molecule has 0 saturated heterocycles. The highest BCUT2D eigenvalue weighted by Gasteiger charge is 2.38. The average Bonchev–Trinajstić information content (AvgIpc) is 2.67. The van der Waals surface area contributed by atoms with Crippen molar-refractivity contribution >= 4 is 11.7 Å². The van der Waals surface area contributed by atoms with Gasteiger partial charge in [-0.15, -0.1) is 0 Å². The van der Waals surface area contributed by atoms with Crippen LogP contribution in [-0.4, -0.2) is 27.8 Å². The Morgan fingerprint density at radius 3 is 2.80 bits per heavy atom. The van der Waals surface area contributed by atoms with Crippen LogP contribution in [0.4, 0.5) is 5.82 Å². The zero-order valence-corrected chi connectivity index (χ0v) is 12.6. The molecule has 1 aliphatic rings. The van der Waals surface area contributed by atoms with Crippen molar-refractivity contribution in [2.45, 2.75) is 45.1 Å². The molecule has 5 N–H and O–H groups in total.